The summed E-state index contributed by atoms with van der Waals surface area (Å²) in [6.07, 6.45) is -2.27. The molecule has 1 amide bonds. The van der Waals surface area contributed by atoms with Gasteiger partial charge in [-0.05, 0) is 25.1 Å². The summed E-state index contributed by atoms with van der Waals surface area (Å²) in [5.41, 5.74) is -2.71. The number of carbonyl (C=O) groups excluding carboxylic acids is 1. The van der Waals surface area contributed by atoms with Crippen molar-refractivity contribution in [2.24, 2.45) is 5.10 Å². The lowest BCUT2D eigenvalue weighted by Gasteiger charge is -2.29. The second kappa shape index (κ2) is 7.20. The Balaban J connectivity index is 1.71. The van der Waals surface area contributed by atoms with Gasteiger partial charge in [0.25, 0.3) is 12.3 Å². The topological polar surface area (TPSA) is 80.0 Å². The van der Waals surface area contributed by atoms with Crippen LogP contribution >= 0.6 is 11.6 Å². The monoisotopic (exact) mass is 402 g/mol. The summed E-state index contributed by atoms with van der Waals surface area (Å²) in [5.74, 6) is -1.29. The van der Waals surface area contributed by atoms with Crippen molar-refractivity contribution in [2.75, 3.05) is 0 Å². The van der Waals surface area contributed by atoms with E-state index < -0.39 is 30.3 Å². The number of benzene rings is 1. The normalized spacial score (nSPS) is 19.5. The second-order valence-electron chi connectivity index (χ2n) is 5.90. The third kappa shape index (κ3) is 3.76. The lowest BCUT2D eigenvalue weighted by Crippen LogP contribution is -2.51. The van der Waals surface area contributed by atoms with Crippen LogP contribution in [0.4, 0.5) is 13.2 Å². The zero-order valence-electron chi connectivity index (χ0n) is 13.9. The number of halogens is 4. The van der Waals surface area contributed by atoms with Crippen molar-refractivity contribution in [3.8, 4) is 5.75 Å². The molecule has 1 aromatic heterocycles. The van der Waals surface area contributed by atoms with Crippen LogP contribution in [0, 0.1) is 5.82 Å². The highest BCUT2D eigenvalue weighted by Gasteiger charge is 2.51. The van der Waals surface area contributed by atoms with Crippen LogP contribution in [0.3, 0.4) is 0 Å². The summed E-state index contributed by atoms with van der Waals surface area (Å²) in [5, 5.41) is 17.9. The van der Waals surface area contributed by atoms with Gasteiger partial charge < -0.3 is 9.84 Å². The molecule has 0 aliphatic carbocycles. The molecule has 1 N–H and O–H groups in total. The molecule has 1 aliphatic rings. The first kappa shape index (κ1) is 19.2. The summed E-state index contributed by atoms with van der Waals surface area (Å²) >= 11 is 5.65. The number of hydrogen-bond donors (Lipinski definition) is 1. The van der Waals surface area contributed by atoms with Gasteiger partial charge in [-0.2, -0.15) is 15.2 Å². The number of nitrogens with zero attached hydrogens (tertiary/aromatic N) is 4. The number of alkyl halides is 2. The number of hydrogen-bond acceptors (Lipinski definition) is 5. The lowest BCUT2D eigenvalue weighted by molar-refractivity contribution is -0.164. The molecule has 2 heterocycles. The van der Waals surface area contributed by atoms with Gasteiger partial charge >= 0.3 is 0 Å². The van der Waals surface area contributed by atoms with E-state index in [4.69, 9.17) is 16.3 Å². The molecule has 1 aliphatic heterocycles. The fraction of sp³-hybridized carbons (Fsp3) is 0.312. The number of ether oxygens (including phenoxy) is 1. The highest BCUT2D eigenvalue weighted by Crippen LogP contribution is 2.32. The van der Waals surface area contributed by atoms with E-state index >= 15 is 0 Å². The lowest BCUT2D eigenvalue weighted by atomic mass is 10.1. The summed E-state index contributed by atoms with van der Waals surface area (Å²) in [7, 11) is 0. The Hall–Kier alpha value is -2.59. The molecule has 7 nitrogen and oxygen atoms in total. The number of aliphatic hydroxyl groups is 1. The third-order valence-electron chi connectivity index (χ3n) is 3.81. The largest absolute Gasteiger partial charge is 0.471 e. The molecule has 3 rings (SSSR count). The number of carbonyl (C=O) groups is 1. The Morgan fingerprint density at radius 3 is 2.85 bits per heavy atom. The molecule has 0 fully saturated rings. The summed E-state index contributed by atoms with van der Waals surface area (Å²) in [6, 6.07) is 5.05. The first-order valence-corrected chi connectivity index (χ1v) is 8.09. The van der Waals surface area contributed by atoms with Gasteiger partial charge in [0.05, 0.1) is 5.02 Å². The Kier molecular flexibility index (Phi) is 5.11. The minimum Gasteiger partial charge on any atom is -0.471 e. The van der Waals surface area contributed by atoms with E-state index in [1.807, 2.05) is 0 Å². The molecule has 2 aromatic rings. The molecular formula is C16H14ClF3N4O3. The van der Waals surface area contributed by atoms with Crippen molar-refractivity contribution in [2.45, 2.75) is 32.2 Å². The van der Waals surface area contributed by atoms with Crippen molar-refractivity contribution >= 4 is 23.2 Å². The highest BCUT2D eigenvalue weighted by molar-refractivity contribution is 6.30. The van der Waals surface area contributed by atoms with Crippen molar-refractivity contribution in [3.05, 3.63) is 47.0 Å². The van der Waals surface area contributed by atoms with E-state index in [1.54, 1.807) is 0 Å². The van der Waals surface area contributed by atoms with Crippen LogP contribution in [0.5, 0.6) is 5.75 Å². The Morgan fingerprint density at radius 2 is 2.19 bits per heavy atom. The van der Waals surface area contributed by atoms with E-state index in [-0.39, 0.29) is 28.9 Å². The molecule has 1 atom stereocenters. The third-order valence-corrected chi connectivity index (χ3v) is 4.10. The van der Waals surface area contributed by atoms with Crippen LogP contribution in [0.1, 0.15) is 23.8 Å². The molecular weight excluding hydrogens is 389 g/mol. The van der Waals surface area contributed by atoms with Gasteiger partial charge in [-0.3, -0.25) is 4.79 Å². The maximum absolute atomic E-state index is 13.2. The number of hydrazone groups is 1. The predicted octanol–water partition coefficient (Wildman–Crippen LogP) is 2.89. The van der Waals surface area contributed by atoms with E-state index in [1.165, 1.54) is 36.0 Å². The van der Waals surface area contributed by atoms with Crippen molar-refractivity contribution in [3.63, 3.8) is 0 Å². The molecule has 0 bridgehead atoms. The fourth-order valence-corrected chi connectivity index (χ4v) is 2.67. The smallest absolute Gasteiger partial charge is 0.297 e. The van der Waals surface area contributed by atoms with Crippen LogP contribution in [-0.2, 0) is 6.73 Å². The molecule has 1 aromatic carbocycles. The molecule has 27 heavy (non-hydrogen) atoms. The molecule has 0 radical (unpaired) electrons. The van der Waals surface area contributed by atoms with Crippen molar-refractivity contribution in [1.82, 2.24) is 14.8 Å². The SMILES string of the molecule is CC1=NN(C(=O)c2ccn(COc3ccc(F)c(Cl)c3)n2)[C@](O)(C(F)F)C1. The van der Waals surface area contributed by atoms with Crippen LogP contribution in [0.15, 0.2) is 35.6 Å². The fourth-order valence-electron chi connectivity index (χ4n) is 2.50. The summed E-state index contributed by atoms with van der Waals surface area (Å²) < 4.78 is 46.1. The first-order valence-electron chi connectivity index (χ1n) is 7.71. The van der Waals surface area contributed by atoms with Crippen molar-refractivity contribution in [1.29, 1.82) is 0 Å². The minimum absolute atomic E-state index is 0.114. The molecule has 0 saturated carbocycles. The van der Waals surface area contributed by atoms with Gasteiger partial charge in [-0.1, -0.05) is 11.6 Å². The van der Waals surface area contributed by atoms with E-state index in [2.05, 4.69) is 10.2 Å². The zero-order chi connectivity index (χ0) is 19.8. The van der Waals surface area contributed by atoms with Crippen LogP contribution in [0.2, 0.25) is 5.02 Å². The summed E-state index contributed by atoms with van der Waals surface area (Å²) in [4.78, 5) is 12.4. The first-order chi connectivity index (χ1) is 12.7. The average Bonchev–Trinajstić information content (AvgIpc) is 3.20. The molecule has 11 heteroatoms. The maximum Gasteiger partial charge on any atom is 0.297 e. The summed E-state index contributed by atoms with van der Waals surface area (Å²) in [6.45, 7) is 1.29. The van der Waals surface area contributed by atoms with E-state index in [9.17, 15) is 23.1 Å². The van der Waals surface area contributed by atoms with Crippen LogP contribution in [0.25, 0.3) is 0 Å². The maximum atomic E-state index is 13.2. The predicted molar refractivity (Wildman–Crippen MR) is 89.1 cm³/mol. The standard InChI is InChI=1S/C16H14ClF3N4O3/c1-9-7-16(26,15(19)20)24(21-9)14(25)13-4-5-23(22-13)8-27-10-2-3-12(18)11(17)6-10/h2-6,15,26H,7-8H2,1H3/t16-/m1/s1. The van der Waals surface area contributed by atoms with E-state index in [0.29, 0.717) is 5.01 Å². The van der Waals surface area contributed by atoms with Crippen LogP contribution < -0.4 is 4.74 Å². The van der Waals surface area contributed by atoms with Gasteiger partial charge in [0.15, 0.2) is 12.4 Å². The number of amides is 1. The zero-order valence-corrected chi connectivity index (χ0v) is 14.7. The Bertz CT molecular complexity index is 905. The highest BCUT2D eigenvalue weighted by atomic mass is 35.5. The minimum atomic E-state index is -3.20. The second-order valence-corrected chi connectivity index (χ2v) is 6.31. The van der Waals surface area contributed by atoms with Gasteiger partial charge in [0.1, 0.15) is 11.6 Å². The molecule has 0 saturated heterocycles. The molecule has 0 spiro atoms. The number of rotatable bonds is 5. The Labute approximate surface area is 156 Å². The van der Waals surface area contributed by atoms with Crippen LogP contribution in [-0.4, -0.2) is 43.7 Å². The quantitative estimate of drug-likeness (QED) is 0.834. The Morgan fingerprint density at radius 1 is 1.44 bits per heavy atom. The van der Waals surface area contributed by atoms with Gasteiger partial charge in [0, 0.05) is 24.4 Å². The average molecular weight is 403 g/mol. The van der Waals surface area contributed by atoms with Gasteiger partial charge in [0.2, 0.25) is 5.72 Å². The van der Waals surface area contributed by atoms with Gasteiger partial charge in [-0.15, -0.1) is 0 Å². The van der Waals surface area contributed by atoms with E-state index in [0.717, 1.165) is 6.07 Å². The number of aromatic nitrogens is 2. The molecule has 0 unspecified atom stereocenters. The van der Waals surface area contributed by atoms with Crippen molar-refractivity contribution < 1.29 is 27.8 Å². The van der Waals surface area contributed by atoms with Gasteiger partial charge in [-0.25, -0.2) is 17.9 Å². The molecule has 144 valence electrons.